The standard InChI is InChI=1S/C20H26FN3O4/c1-13(14-7-8-16(28-3)15(21)11-14)22-17(25)12-24-18(26)20(23(2)19(24)27)9-5-4-6-10-20/h7-8,11,13H,4-6,9-10,12H2,1-3H3,(H,22,25). The second-order valence-corrected chi connectivity index (χ2v) is 7.51. The van der Waals surface area contributed by atoms with Crippen LogP contribution in [0.3, 0.4) is 0 Å². The monoisotopic (exact) mass is 391 g/mol. The molecule has 0 bridgehead atoms. The molecule has 1 aromatic rings. The number of hydrogen-bond donors (Lipinski definition) is 1. The molecule has 1 aliphatic heterocycles. The van der Waals surface area contributed by atoms with Gasteiger partial charge in [-0.15, -0.1) is 0 Å². The van der Waals surface area contributed by atoms with Gasteiger partial charge in [-0.05, 0) is 37.5 Å². The number of rotatable bonds is 5. The number of methoxy groups -OCH3 is 1. The highest BCUT2D eigenvalue weighted by molar-refractivity contribution is 6.08. The van der Waals surface area contributed by atoms with Crippen LogP contribution in [0.25, 0.3) is 0 Å². The van der Waals surface area contributed by atoms with E-state index in [2.05, 4.69) is 5.32 Å². The van der Waals surface area contributed by atoms with Gasteiger partial charge in [-0.1, -0.05) is 25.3 Å². The first kappa shape index (κ1) is 20.1. The maximum absolute atomic E-state index is 13.9. The Labute approximate surface area is 163 Å². The summed E-state index contributed by atoms with van der Waals surface area (Å²) in [6, 6.07) is 3.51. The van der Waals surface area contributed by atoms with Gasteiger partial charge in [-0.2, -0.15) is 0 Å². The van der Waals surface area contributed by atoms with Crippen LogP contribution >= 0.6 is 0 Å². The first-order chi connectivity index (χ1) is 13.3. The molecule has 1 N–H and O–H groups in total. The number of urea groups is 1. The molecule has 1 saturated heterocycles. The number of carbonyl (C=O) groups is 3. The second-order valence-electron chi connectivity index (χ2n) is 7.51. The minimum Gasteiger partial charge on any atom is -0.494 e. The fourth-order valence-electron chi connectivity index (χ4n) is 4.14. The molecule has 4 amide bonds. The van der Waals surface area contributed by atoms with E-state index < -0.39 is 29.3 Å². The summed E-state index contributed by atoms with van der Waals surface area (Å²) in [7, 11) is 3.01. The quantitative estimate of drug-likeness (QED) is 0.783. The summed E-state index contributed by atoms with van der Waals surface area (Å²) in [5.74, 6) is -1.16. The number of halogens is 1. The van der Waals surface area contributed by atoms with Crippen molar-refractivity contribution in [1.29, 1.82) is 0 Å². The zero-order valence-corrected chi connectivity index (χ0v) is 16.5. The van der Waals surface area contributed by atoms with E-state index in [9.17, 15) is 18.8 Å². The Morgan fingerprint density at radius 3 is 2.57 bits per heavy atom. The van der Waals surface area contributed by atoms with Gasteiger partial charge in [0.05, 0.1) is 13.2 Å². The lowest BCUT2D eigenvalue weighted by molar-refractivity contribution is -0.137. The van der Waals surface area contributed by atoms with Crippen LogP contribution in [0, 0.1) is 5.82 Å². The molecule has 2 fully saturated rings. The van der Waals surface area contributed by atoms with Gasteiger partial charge >= 0.3 is 6.03 Å². The summed E-state index contributed by atoms with van der Waals surface area (Å²) < 4.78 is 18.8. The Morgan fingerprint density at radius 2 is 1.96 bits per heavy atom. The highest BCUT2D eigenvalue weighted by atomic mass is 19.1. The summed E-state index contributed by atoms with van der Waals surface area (Å²) >= 11 is 0. The number of hydrogen-bond acceptors (Lipinski definition) is 4. The number of carbonyl (C=O) groups excluding carboxylic acids is 3. The van der Waals surface area contributed by atoms with Crippen molar-refractivity contribution in [2.75, 3.05) is 20.7 Å². The first-order valence-corrected chi connectivity index (χ1v) is 9.52. The molecule has 1 saturated carbocycles. The molecule has 28 heavy (non-hydrogen) atoms. The lowest BCUT2D eigenvalue weighted by Crippen LogP contribution is -2.49. The molecule has 1 aromatic carbocycles. The Hall–Kier alpha value is -2.64. The molecule has 1 spiro atoms. The third-order valence-electron chi connectivity index (χ3n) is 5.84. The molecular weight excluding hydrogens is 365 g/mol. The highest BCUT2D eigenvalue weighted by Gasteiger charge is 2.55. The zero-order chi connectivity index (χ0) is 20.5. The van der Waals surface area contributed by atoms with Crippen LogP contribution in [-0.2, 0) is 9.59 Å². The average molecular weight is 391 g/mol. The number of ether oxygens (including phenoxy) is 1. The maximum atomic E-state index is 13.9. The summed E-state index contributed by atoms with van der Waals surface area (Å²) in [6.45, 7) is 1.37. The number of nitrogens with one attached hydrogen (secondary N) is 1. The van der Waals surface area contributed by atoms with Gasteiger partial charge in [0, 0.05) is 7.05 Å². The van der Waals surface area contributed by atoms with Crippen LogP contribution in [0.15, 0.2) is 18.2 Å². The van der Waals surface area contributed by atoms with Gasteiger partial charge in [0.15, 0.2) is 11.6 Å². The lowest BCUT2D eigenvalue weighted by atomic mass is 9.81. The van der Waals surface area contributed by atoms with Gasteiger partial charge in [0.25, 0.3) is 5.91 Å². The zero-order valence-electron chi connectivity index (χ0n) is 16.5. The minimum absolute atomic E-state index is 0.122. The van der Waals surface area contributed by atoms with Crippen LogP contribution in [-0.4, -0.2) is 53.9 Å². The van der Waals surface area contributed by atoms with Crippen LogP contribution in [0.4, 0.5) is 9.18 Å². The van der Waals surface area contributed by atoms with E-state index >= 15 is 0 Å². The predicted molar refractivity (Wildman–Crippen MR) is 100 cm³/mol. The van der Waals surface area contributed by atoms with E-state index in [0.29, 0.717) is 18.4 Å². The van der Waals surface area contributed by atoms with Crippen LogP contribution in [0.1, 0.15) is 50.6 Å². The fraction of sp³-hybridized carbons (Fsp3) is 0.550. The molecule has 152 valence electrons. The van der Waals surface area contributed by atoms with Gasteiger partial charge < -0.3 is 15.0 Å². The summed E-state index contributed by atoms with van der Waals surface area (Å²) in [4.78, 5) is 40.5. The van der Waals surface area contributed by atoms with Crippen LogP contribution in [0.5, 0.6) is 5.75 Å². The third kappa shape index (κ3) is 3.43. The fourth-order valence-corrected chi connectivity index (χ4v) is 4.14. The van der Waals surface area contributed by atoms with Crippen molar-refractivity contribution in [3.05, 3.63) is 29.6 Å². The number of imide groups is 1. The van der Waals surface area contributed by atoms with E-state index in [1.807, 2.05) is 0 Å². The molecule has 0 radical (unpaired) electrons. The maximum Gasteiger partial charge on any atom is 0.327 e. The molecule has 1 aliphatic carbocycles. The van der Waals surface area contributed by atoms with Gasteiger partial charge in [0.1, 0.15) is 12.1 Å². The number of benzene rings is 1. The molecule has 2 aliphatic rings. The smallest absolute Gasteiger partial charge is 0.327 e. The van der Waals surface area contributed by atoms with Crippen molar-refractivity contribution >= 4 is 17.8 Å². The second kappa shape index (κ2) is 7.77. The van der Waals surface area contributed by atoms with Crippen molar-refractivity contribution in [1.82, 2.24) is 15.1 Å². The van der Waals surface area contributed by atoms with Crippen molar-refractivity contribution in [2.45, 2.75) is 50.6 Å². The normalized spacial score (nSPS) is 19.9. The molecule has 7 nitrogen and oxygen atoms in total. The summed E-state index contributed by atoms with van der Waals surface area (Å²) in [6.07, 6.45) is 4.10. The molecule has 0 aromatic heterocycles. The Bertz CT molecular complexity index is 792. The topological polar surface area (TPSA) is 79.0 Å². The SMILES string of the molecule is COc1ccc(C(C)NC(=O)CN2C(=O)N(C)C3(CCCCC3)C2=O)cc1F. The van der Waals surface area contributed by atoms with E-state index in [-0.39, 0.29) is 18.2 Å². The van der Waals surface area contributed by atoms with Crippen molar-refractivity contribution in [3.63, 3.8) is 0 Å². The predicted octanol–water partition coefficient (Wildman–Crippen LogP) is 2.61. The lowest BCUT2D eigenvalue weighted by Gasteiger charge is -2.35. The highest BCUT2D eigenvalue weighted by Crippen LogP contribution is 2.39. The Balaban J connectivity index is 1.66. The molecule has 1 unspecified atom stereocenters. The molecule has 1 atom stereocenters. The van der Waals surface area contributed by atoms with E-state index in [1.54, 1.807) is 20.0 Å². The third-order valence-corrected chi connectivity index (χ3v) is 5.84. The Kier molecular flexibility index (Phi) is 5.58. The minimum atomic E-state index is -0.805. The molecule has 3 rings (SSSR count). The van der Waals surface area contributed by atoms with Crippen LogP contribution in [0.2, 0.25) is 0 Å². The van der Waals surface area contributed by atoms with Gasteiger partial charge in [0.2, 0.25) is 5.91 Å². The van der Waals surface area contributed by atoms with Crippen LogP contribution < -0.4 is 10.1 Å². The van der Waals surface area contributed by atoms with E-state index in [4.69, 9.17) is 4.74 Å². The molecule has 8 heteroatoms. The largest absolute Gasteiger partial charge is 0.494 e. The Morgan fingerprint density at radius 1 is 1.29 bits per heavy atom. The van der Waals surface area contributed by atoms with E-state index in [0.717, 1.165) is 24.2 Å². The number of nitrogens with zero attached hydrogens (tertiary/aromatic N) is 2. The number of amides is 4. The van der Waals surface area contributed by atoms with Crippen molar-refractivity contribution in [2.24, 2.45) is 0 Å². The summed E-state index contributed by atoms with van der Waals surface area (Å²) in [5.41, 5.74) is -0.244. The summed E-state index contributed by atoms with van der Waals surface area (Å²) in [5, 5.41) is 2.72. The first-order valence-electron chi connectivity index (χ1n) is 9.52. The van der Waals surface area contributed by atoms with Crippen molar-refractivity contribution < 1.29 is 23.5 Å². The average Bonchev–Trinajstić information content (AvgIpc) is 2.85. The van der Waals surface area contributed by atoms with E-state index in [1.165, 1.54) is 24.1 Å². The van der Waals surface area contributed by atoms with Gasteiger partial charge in [-0.3, -0.25) is 14.5 Å². The molecule has 1 heterocycles. The van der Waals surface area contributed by atoms with Crippen molar-refractivity contribution in [3.8, 4) is 5.75 Å². The van der Waals surface area contributed by atoms with Gasteiger partial charge in [-0.25, -0.2) is 9.18 Å². The molecular formula is C20H26FN3O4. The number of likely N-dealkylation sites (N-methyl/N-ethyl adjacent to an activating group) is 1.